The third-order valence-electron chi connectivity index (χ3n) is 9.86. The van der Waals surface area contributed by atoms with Gasteiger partial charge in [-0.2, -0.15) is 0 Å². The molecule has 56 heavy (non-hydrogen) atoms. The van der Waals surface area contributed by atoms with E-state index < -0.39 is 12.0 Å². The summed E-state index contributed by atoms with van der Waals surface area (Å²) < 4.78 is 6.84. The molecule has 2 aromatic carbocycles. The number of hydrogen-bond donors (Lipinski definition) is 3. The number of piperidine rings is 1. The van der Waals surface area contributed by atoms with Gasteiger partial charge in [0.2, 0.25) is 17.7 Å². The van der Waals surface area contributed by atoms with E-state index in [0.29, 0.717) is 61.0 Å². The molecule has 4 heterocycles. The lowest BCUT2D eigenvalue weighted by Crippen LogP contribution is -2.43. The highest BCUT2D eigenvalue weighted by Crippen LogP contribution is 2.40. The maximum absolute atomic E-state index is 13.8. The molecule has 1 atom stereocenters. The normalized spacial score (nSPS) is 14.9. The molecule has 2 aliphatic rings. The zero-order chi connectivity index (χ0) is 39.2. The van der Waals surface area contributed by atoms with Crippen molar-refractivity contribution in [3.05, 3.63) is 91.8 Å². The maximum atomic E-state index is 13.8. The number of hydrogen-bond acceptors (Lipinski definition) is 10. The van der Waals surface area contributed by atoms with Crippen LogP contribution in [0.15, 0.2) is 47.5 Å². The molecule has 3 amide bonds. The lowest BCUT2D eigenvalue weighted by molar-refractivity contribution is -0.136. The number of likely N-dealkylation sites (tertiary alicyclic amines) is 1. The first kappa shape index (κ1) is 42.1. The van der Waals surface area contributed by atoms with E-state index in [0.717, 1.165) is 33.2 Å². The second kappa shape index (κ2) is 18.7. The number of aromatic nitrogens is 3. The molecule has 0 aliphatic carbocycles. The topological polar surface area (TPSA) is 174 Å². The number of thiophene rings is 1. The summed E-state index contributed by atoms with van der Waals surface area (Å²) in [5.74, 6) is 5.74. The Bertz CT molecular complexity index is 2210. The maximum Gasteiger partial charge on any atom is 0.339 e. The number of rotatable bonds is 10. The minimum Gasteiger partial charge on any atom is -0.465 e. The predicted molar refractivity (Wildman–Crippen MR) is 219 cm³/mol. The van der Waals surface area contributed by atoms with Gasteiger partial charge < -0.3 is 26.0 Å². The van der Waals surface area contributed by atoms with Crippen molar-refractivity contribution in [1.29, 1.82) is 0 Å². The molecule has 2 aromatic heterocycles. The van der Waals surface area contributed by atoms with E-state index in [9.17, 15) is 19.2 Å². The van der Waals surface area contributed by atoms with Crippen LogP contribution in [0.5, 0.6) is 0 Å². The van der Waals surface area contributed by atoms with Crippen LogP contribution in [0.3, 0.4) is 0 Å². The largest absolute Gasteiger partial charge is 0.465 e. The van der Waals surface area contributed by atoms with Gasteiger partial charge in [0.05, 0.1) is 31.4 Å². The molecule has 0 unspecified atom stereocenters. The number of aliphatic imine (C=N–C) groups is 1. The number of nitrogens with zero attached hydrogens (tertiary/aromatic N) is 5. The van der Waals surface area contributed by atoms with Crippen LogP contribution in [0.25, 0.3) is 5.00 Å². The second-order valence-electron chi connectivity index (χ2n) is 13.5. The highest BCUT2D eigenvalue weighted by Gasteiger charge is 2.34. The molecule has 1 saturated heterocycles. The van der Waals surface area contributed by atoms with E-state index in [1.807, 2.05) is 35.8 Å². The van der Waals surface area contributed by atoms with Gasteiger partial charge in [-0.25, -0.2) is 4.79 Å². The number of fused-ring (bicyclic) bond motifs is 3. The Hall–Kier alpha value is -5.07. The Morgan fingerprint density at radius 3 is 2.48 bits per heavy atom. The highest BCUT2D eigenvalue weighted by molar-refractivity contribution is 7.15. The fraction of sp³-hybridized carbons (Fsp3) is 0.375. The summed E-state index contributed by atoms with van der Waals surface area (Å²) in [6.07, 6.45) is 1.79. The van der Waals surface area contributed by atoms with Gasteiger partial charge in [0.1, 0.15) is 16.9 Å². The molecule has 0 bridgehead atoms. The van der Waals surface area contributed by atoms with Crippen LogP contribution in [-0.2, 0) is 19.1 Å². The van der Waals surface area contributed by atoms with Crippen molar-refractivity contribution in [3.8, 4) is 16.8 Å². The molecule has 294 valence electrons. The number of esters is 1. The molecular weight excluding hydrogens is 775 g/mol. The Morgan fingerprint density at radius 1 is 1.05 bits per heavy atom. The lowest BCUT2D eigenvalue weighted by Gasteiger charge is -2.32. The molecule has 0 radical (unpaired) electrons. The molecule has 4 aromatic rings. The first-order chi connectivity index (χ1) is 26.5. The molecule has 13 nitrogen and oxygen atoms in total. The number of carbonyl (C=O) groups excluding carboxylic acids is 4. The number of halogens is 2. The summed E-state index contributed by atoms with van der Waals surface area (Å²) >= 11 is 7.90. The Labute approximate surface area is 340 Å². The second-order valence-corrected chi connectivity index (χ2v) is 15.1. The van der Waals surface area contributed by atoms with Crippen LogP contribution >= 0.6 is 35.3 Å². The van der Waals surface area contributed by atoms with Crippen molar-refractivity contribution in [2.75, 3.05) is 38.6 Å². The van der Waals surface area contributed by atoms with Crippen molar-refractivity contribution in [3.63, 3.8) is 0 Å². The van der Waals surface area contributed by atoms with E-state index in [-0.39, 0.29) is 61.0 Å². The van der Waals surface area contributed by atoms with Gasteiger partial charge >= 0.3 is 5.97 Å². The van der Waals surface area contributed by atoms with Crippen LogP contribution in [0.2, 0.25) is 5.02 Å². The third-order valence-corrected chi connectivity index (χ3v) is 11.3. The molecule has 4 N–H and O–H groups in total. The summed E-state index contributed by atoms with van der Waals surface area (Å²) in [5.41, 5.74) is 10.5. The smallest absolute Gasteiger partial charge is 0.339 e. The number of anilines is 1. The van der Waals surface area contributed by atoms with Gasteiger partial charge in [0, 0.05) is 64.3 Å². The van der Waals surface area contributed by atoms with E-state index in [4.69, 9.17) is 27.1 Å². The van der Waals surface area contributed by atoms with Crippen LogP contribution in [0, 0.1) is 38.5 Å². The van der Waals surface area contributed by atoms with Gasteiger partial charge in [-0.1, -0.05) is 35.6 Å². The van der Waals surface area contributed by atoms with Crippen molar-refractivity contribution in [1.82, 2.24) is 25.0 Å². The van der Waals surface area contributed by atoms with E-state index >= 15 is 0 Å². The Kier molecular flexibility index (Phi) is 14.1. The number of amides is 3. The third kappa shape index (κ3) is 9.30. The fourth-order valence-electron chi connectivity index (χ4n) is 6.81. The zero-order valence-corrected chi connectivity index (χ0v) is 34.0. The number of nitrogens with two attached hydrogens (primary N) is 1. The van der Waals surface area contributed by atoms with Gasteiger partial charge in [-0.05, 0) is 75.9 Å². The number of benzene rings is 2. The van der Waals surface area contributed by atoms with Crippen molar-refractivity contribution in [2.24, 2.45) is 16.6 Å². The van der Waals surface area contributed by atoms with Crippen molar-refractivity contribution in [2.45, 2.75) is 58.9 Å². The summed E-state index contributed by atoms with van der Waals surface area (Å²) in [6.45, 7) is 7.43. The first-order valence-electron chi connectivity index (χ1n) is 18.1. The molecule has 0 saturated carbocycles. The average molecular weight is 820 g/mol. The van der Waals surface area contributed by atoms with Crippen LogP contribution in [0.4, 0.5) is 5.69 Å². The van der Waals surface area contributed by atoms with E-state index in [1.165, 1.54) is 12.0 Å². The summed E-state index contributed by atoms with van der Waals surface area (Å²) in [7, 11) is 1.28. The molecular formula is C40H44Cl2N8O5S. The SMILES string of the molecule is COC(=O)c1ccc(NC(=O)CCCNC(=O)C2CCN(C(=O)C[C@@H]3N=C(c4ccc(Cl)cc4)c4c(sc(C)c4C)-n4c(C)nnc43)CC2)cc1C#CCN.Cl. The minimum absolute atomic E-state index is 0. The van der Waals surface area contributed by atoms with E-state index in [1.54, 1.807) is 34.4 Å². The number of aryl methyl sites for hydroxylation is 2. The average Bonchev–Trinajstić information content (AvgIpc) is 3.66. The number of methoxy groups -OCH3 is 1. The first-order valence-corrected chi connectivity index (χ1v) is 19.3. The summed E-state index contributed by atoms with van der Waals surface area (Å²) in [6, 6.07) is 11.8. The monoisotopic (exact) mass is 818 g/mol. The Balaban J connectivity index is 0.00000600. The number of ether oxygens (including phenoxy) is 1. The minimum atomic E-state index is -0.567. The van der Waals surface area contributed by atoms with Gasteiger partial charge in [0.25, 0.3) is 0 Å². The number of carbonyl (C=O) groups is 4. The Morgan fingerprint density at radius 2 is 1.79 bits per heavy atom. The van der Waals surface area contributed by atoms with Gasteiger partial charge in [0.15, 0.2) is 5.82 Å². The van der Waals surface area contributed by atoms with Crippen molar-refractivity contribution < 1.29 is 23.9 Å². The molecule has 1 fully saturated rings. The molecule has 16 heteroatoms. The molecule has 2 aliphatic heterocycles. The van der Waals surface area contributed by atoms with E-state index in [2.05, 4.69) is 46.5 Å². The highest BCUT2D eigenvalue weighted by atomic mass is 35.5. The van der Waals surface area contributed by atoms with Gasteiger partial charge in [-0.15, -0.1) is 33.9 Å². The standard InChI is InChI=1S/C40H43ClN8O5S.ClH/c1-23-24(2)55-39-35(23)36(26-9-11-29(41)12-10-26)45-32(37-47-46-25(3)49(37)39)22-34(51)48-19-15-27(16-20-48)38(52)43-18-6-8-33(50)44-30-13-14-31(40(53)54-4)28(21-30)7-5-17-42;/h9-14,21,27,32H,6,8,15-20,22,42H2,1-4H3,(H,43,52)(H,44,50);1H/t32-;/m0./s1. The quantitative estimate of drug-likeness (QED) is 0.107. The fourth-order valence-corrected chi connectivity index (χ4v) is 8.15. The van der Waals surface area contributed by atoms with Crippen LogP contribution < -0.4 is 16.4 Å². The summed E-state index contributed by atoms with van der Waals surface area (Å²) in [4.78, 5) is 59.8. The predicted octanol–water partition coefficient (Wildman–Crippen LogP) is 5.48. The van der Waals surface area contributed by atoms with Crippen LogP contribution in [-0.4, -0.2) is 82.4 Å². The lowest BCUT2D eigenvalue weighted by atomic mass is 9.95. The van der Waals surface area contributed by atoms with Crippen LogP contribution in [0.1, 0.15) is 87.3 Å². The molecule has 0 spiro atoms. The zero-order valence-electron chi connectivity index (χ0n) is 31.6. The number of nitrogens with one attached hydrogen (secondary N) is 2. The molecule has 6 rings (SSSR count). The summed E-state index contributed by atoms with van der Waals surface area (Å²) in [5, 5.41) is 16.3. The van der Waals surface area contributed by atoms with Crippen molar-refractivity contribution >= 4 is 70.4 Å². The van der Waals surface area contributed by atoms with Gasteiger partial charge in [-0.3, -0.25) is 23.9 Å².